The van der Waals surface area contributed by atoms with Gasteiger partial charge in [0, 0.05) is 39.2 Å². The van der Waals surface area contributed by atoms with Crippen LogP contribution in [0.2, 0.25) is 5.02 Å². The van der Waals surface area contributed by atoms with Crippen LogP contribution in [0.1, 0.15) is 37.4 Å². The largest absolute Gasteiger partial charge is 0.366 e. The highest BCUT2D eigenvalue weighted by molar-refractivity contribution is 6.31. The van der Waals surface area contributed by atoms with Crippen LogP contribution >= 0.6 is 11.6 Å². The zero-order valence-corrected chi connectivity index (χ0v) is 17.3. The number of hydrogen-bond acceptors (Lipinski definition) is 3. The van der Waals surface area contributed by atoms with Crippen molar-refractivity contribution < 1.29 is 14.0 Å². The number of primary amides is 1. The minimum absolute atomic E-state index is 0.0350. The van der Waals surface area contributed by atoms with Crippen molar-refractivity contribution >= 4 is 35.1 Å². The Labute approximate surface area is 183 Å². The van der Waals surface area contributed by atoms with E-state index in [1.165, 1.54) is 13.0 Å². The van der Waals surface area contributed by atoms with Crippen LogP contribution in [-0.2, 0) is 0 Å². The number of anilines is 1. The number of hydrogen-bond donors (Lipinski definition) is 2. The van der Waals surface area contributed by atoms with Gasteiger partial charge in [0.15, 0.2) is 5.78 Å². The fraction of sp³-hybridized carbons (Fsp3) is 0.0400. The predicted molar refractivity (Wildman–Crippen MR) is 122 cm³/mol. The first-order valence-electron chi connectivity index (χ1n) is 9.54. The molecule has 0 fully saturated rings. The minimum atomic E-state index is -0.803. The molecule has 3 N–H and O–H groups in total. The number of ketones is 1. The summed E-state index contributed by atoms with van der Waals surface area (Å²) in [5.74, 6) is -1.91. The molecule has 4 nitrogen and oxygen atoms in total. The molecule has 0 saturated heterocycles. The smallest absolute Gasteiger partial charge is 0.249 e. The summed E-state index contributed by atoms with van der Waals surface area (Å²) in [5, 5.41) is 3.53. The van der Waals surface area contributed by atoms with Gasteiger partial charge < -0.3 is 11.1 Å². The molecule has 1 aliphatic heterocycles. The number of carbonyl (C=O) groups is 2. The van der Waals surface area contributed by atoms with Gasteiger partial charge in [-0.2, -0.15) is 0 Å². The molecule has 0 saturated carbocycles. The van der Waals surface area contributed by atoms with E-state index in [0.717, 1.165) is 11.3 Å². The third-order valence-corrected chi connectivity index (χ3v) is 5.40. The summed E-state index contributed by atoms with van der Waals surface area (Å²) in [7, 11) is 0. The van der Waals surface area contributed by atoms with E-state index in [-0.39, 0.29) is 22.3 Å². The second-order valence-electron chi connectivity index (χ2n) is 7.15. The maximum atomic E-state index is 15.5. The first-order valence-corrected chi connectivity index (χ1v) is 9.92. The molecule has 31 heavy (non-hydrogen) atoms. The topological polar surface area (TPSA) is 72.2 Å². The molecule has 0 atom stereocenters. The molecule has 3 aromatic rings. The van der Waals surface area contributed by atoms with E-state index in [9.17, 15) is 9.59 Å². The first-order chi connectivity index (χ1) is 14.9. The highest BCUT2D eigenvalue weighted by Gasteiger charge is 2.24. The van der Waals surface area contributed by atoms with Gasteiger partial charge >= 0.3 is 0 Å². The number of fused-ring (bicyclic) bond motifs is 1. The predicted octanol–water partition coefficient (Wildman–Crippen LogP) is 5.74. The van der Waals surface area contributed by atoms with Crippen LogP contribution in [0.25, 0.3) is 17.2 Å². The van der Waals surface area contributed by atoms with Crippen molar-refractivity contribution in [3.63, 3.8) is 0 Å². The number of allylic oxidation sites excluding steroid dienone is 2. The van der Waals surface area contributed by atoms with Gasteiger partial charge in [-0.15, -0.1) is 0 Å². The van der Waals surface area contributed by atoms with E-state index >= 15 is 4.39 Å². The Morgan fingerprint density at radius 1 is 1.03 bits per heavy atom. The molecular formula is C25H18ClFN2O2. The first kappa shape index (κ1) is 20.6. The van der Waals surface area contributed by atoms with Crippen molar-refractivity contribution in [2.45, 2.75) is 6.92 Å². The molecule has 3 aromatic carbocycles. The monoisotopic (exact) mass is 432 g/mol. The molecule has 0 spiro atoms. The third-order valence-electron chi connectivity index (χ3n) is 5.17. The highest BCUT2D eigenvalue weighted by atomic mass is 35.5. The standard InChI is InChI=1S/C25H18ClFN2O2/c1-14-19(25(28)31)13-20(22(23(14)27)16-6-4-7-18(26)12-16)24(30)17-8-9-21-15(11-17)5-2-3-10-29-21/h2-13,29H,1H3,(H2,28,31). The molecular weight excluding hydrogens is 415 g/mol. The van der Waals surface area contributed by atoms with Crippen molar-refractivity contribution in [1.82, 2.24) is 0 Å². The van der Waals surface area contributed by atoms with Crippen LogP contribution in [0.5, 0.6) is 0 Å². The Hall–Kier alpha value is -3.70. The lowest BCUT2D eigenvalue weighted by Gasteiger charge is -2.16. The Morgan fingerprint density at radius 2 is 1.84 bits per heavy atom. The van der Waals surface area contributed by atoms with Crippen LogP contribution in [0, 0.1) is 12.7 Å². The summed E-state index contributed by atoms with van der Waals surface area (Å²) in [5.41, 5.74) is 8.06. The summed E-state index contributed by atoms with van der Waals surface area (Å²) in [4.78, 5) is 25.4. The van der Waals surface area contributed by atoms with Crippen molar-refractivity contribution in [1.29, 1.82) is 0 Å². The second-order valence-corrected chi connectivity index (χ2v) is 7.59. The molecule has 6 heteroatoms. The van der Waals surface area contributed by atoms with Crippen molar-refractivity contribution in [3.8, 4) is 11.1 Å². The number of nitrogens with one attached hydrogen (secondary N) is 1. The Balaban J connectivity index is 1.94. The molecule has 1 heterocycles. The van der Waals surface area contributed by atoms with E-state index in [0.29, 0.717) is 16.1 Å². The van der Waals surface area contributed by atoms with Crippen LogP contribution in [0.3, 0.4) is 0 Å². The number of carbonyl (C=O) groups excluding carboxylic acids is 2. The normalized spacial score (nSPS) is 12.1. The van der Waals surface area contributed by atoms with Crippen molar-refractivity contribution in [2.24, 2.45) is 5.73 Å². The summed E-state index contributed by atoms with van der Waals surface area (Å²) < 4.78 is 15.5. The lowest BCUT2D eigenvalue weighted by atomic mass is 9.88. The zero-order valence-electron chi connectivity index (χ0n) is 16.6. The van der Waals surface area contributed by atoms with Crippen LogP contribution in [0.4, 0.5) is 10.1 Å². The molecule has 0 radical (unpaired) electrons. The quantitative estimate of drug-likeness (QED) is 0.516. The highest BCUT2D eigenvalue weighted by Crippen LogP contribution is 2.34. The molecule has 1 amide bonds. The maximum absolute atomic E-state index is 15.5. The Morgan fingerprint density at radius 3 is 2.58 bits per heavy atom. The second kappa shape index (κ2) is 8.20. The van der Waals surface area contributed by atoms with Gasteiger partial charge in [-0.3, -0.25) is 9.59 Å². The Kier molecular flexibility index (Phi) is 5.44. The summed E-state index contributed by atoms with van der Waals surface area (Å²) in [6.07, 6.45) is 7.34. The maximum Gasteiger partial charge on any atom is 0.249 e. The van der Waals surface area contributed by atoms with Gasteiger partial charge in [-0.1, -0.05) is 35.9 Å². The van der Waals surface area contributed by atoms with Gasteiger partial charge in [0.05, 0.1) is 0 Å². The van der Waals surface area contributed by atoms with Crippen LogP contribution in [-0.4, -0.2) is 11.7 Å². The zero-order chi connectivity index (χ0) is 22.1. The van der Waals surface area contributed by atoms with E-state index < -0.39 is 17.5 Å². The fourth-order valence-electron chi connectivity index (χ4n) is 3.59. The van der Waals surface area contributed by atoms with Gasteiger partial charge in [-0.25, -0.2) is 4.39 Å². The van der Waals surface area contributed by atoms with Crippen molar-refractivity contribution in [2.75, 3.05) is 5.32 Å². The van der Waals surface area contributed by atoms with Gasteiger partial charge in [0.2, 0.25) is 5.91 Å². The molecule has 4 rings (SSSR count). The SMILES string of the molecule is Cc1c(C(N)=O)cc(C(=O)c2ccc3c(c2)C=CC=CN3)c(-c2cccc(Cl)c2)c1F. The van der Waals surface area contributed by atoms with Gasteiger partial charge in [-0.05, 0) is 66.1 Å². The molecule has 0 aromatic heterocycles. The van der Waals surface area contributed by atoms with Gasteiger partial charge in [0.1, 0.15) is 5.82 Å². The summed E-state index contributed by atoms with van der Waals surface area (Å²) in [6, 6.07) is 13.1. The van der Waals surface area contributed by atoms with Crippen molar-refractivity contribution in [3.05, 3.63) is 106 Å². The lowest BCUT2D eigenvalue weighted by Crippen LogP contribution is -2.17. The average molecular weight is 433 g/mol. The molecule has 0 aliphatic carbocycles. The van der Waals surface area contributed by atoms with E-state index in [4.69, 9.17) is 17.3 Å². The number of nitrogens with two attached hydrogens (primary N) is 1. The third kappa shape index (κ3) is 3.88. The van der Waals surface area contributed by atoms with E-state index in [2.05, 4.69) is 5.32 Å². The van der Waals surface area contributed by atoms with E-state index in [1.54, 1.807) is 48.7 Å². The average Bonchev–Trinajstić information content (AvgIpc) is 2.99. The van der Waals surface area contributed by atoms with Crippen LogP contribution < -0.4 is 11.1 Å². The summed E-state index contributed by atoms with van der Waals surface area (Å²) in [6.45, 7) is 1.46. The van der Waals surface area contributed by atoms with Crippen LogP contribution in [0.15, 0.2) is 66.9 Å². The van der Waals surface area contributed by atoms with E-state index in [1.807, 2.05) is 18.2 Å². The minimum Gasteiger partial charge on any atom is -0.366 e. The molecule has 1 aliphatic rings. The number of amides is 1. The van der Waals surface area contributed by atoms with Gasteiger partial charge in [0.25, 0.3) is 0 Å². The molecule has 154 valence electrons. The number of rotatable bonds is 4. The summed E-state index contributed by atoms with van der Waals surface area (Å²) >= 11 is 6.11. The number of benzene rings is 3. The molecule has 0 bridgehead atoms. The lowest BCUT2D eigenvalue weighted by molar-refractivity contribution is 0.0999. The molecule has 0 unspecified atom stereocenters. The fourth-order valence-corrected chi connectivity index (χ4v) is 3.78. The number of halogens is 2. The Bertz CT molecular complexity index is 1290.